The van der Waals surface area contributed by atoms with E-state index in [1.807, 2.05) is 6.07 Å². The standard InChI is InChI=1S/C23H23FN2O5S/c1-26(15-16-7-12-21(30-2)22(13-16)31-3)23(27)17-5-4-6-20(14-17)32(28,29)25-19-10-8-18(24)9-11-19/h4-14,25H,15H2,1-3H3. The Morgan fingerprint density at radius 2 is 1.66 bits per heavy atom. The highest BCUT2D eigenvalue weighted by Gasteiger charge is 2.19. The predicted octanol–water partition coefficient (Wildman–Crippen LogP) is 3.92. The van der Waals surface area contributed by atoms with E-state index in [0.29, 0.717) is 11.5 Å². The van der Waals surface area contributed by atoms with E-state index in [1.165, 1.54) is 42.3 Å². The minimum Gasteiger partial charge on any atom is -0.493 e. The first-order valence-electron chi connectivity index (χ1n) is 9.58. The fourth-order valence-corrected chi connectivity index (χ4v) is 4.18. The molecule has 3 rings (SSSR count). The summed E-state index contributed by atoms with van der Waals surface area (Å²) in [6, 6.07) is 16.0. The molecule has 0 aliphatic rings. The summed E-state index contributed by atoms with van der Waals surface area (Å²) in [7, 11) is 0.736. The molecule has 3 aromatic rings. The van der Waals surface area contributed by atoms with Crippen LogP contribution in [0.2, 0.25) is 0 Å². The first-order chi connectivity index (χ1) is 15.2. The molecule has 0 unspecified atom stereocenters. The van der Waals surface area contributed by atoms with Crippen LogP contribution in [0.4, 0.5) is 10.1 Å². The molecule has 0 spiro atoms. The maximum Gasteiger partial charge on any atom is 0.261 e. The van der Waals surface area contributed by atoms with Gasteiger partial charge in [0.25, 0.3) is 15.9 Å². The summed E-state index contributed by atoms with van der Waals surface area (Å²) < 4.78 is 51.3. The molecule has 0 aliphatic heterocycles. The molecule has 0 bridgehead atoms. The fourth-order valence-electron chi connectivity index (χ4n) is 3.07. The number of hydrogen-bond acceptors (Lipinski definition) is 5. The first-order valence-corrected chi connectivity index (χ1v) is 11.1. The van der Waals surface area contributed by atoms with Gasteiger partial charge in [-0.15, -0.1) is 0 Å². The van der Waals surface area contributed by atoms with E-state index in [2.05, 4.69) is 4.72 Å². The monoisotopic (exact) mass is 458 g/mol. The van der Waals surface area contributed by atoms with E-state index < -0.39 is 15.8 Å². The van der Waals surface area contributed by atoms with Crippen LogP contribution in [0.15, 0.2) is 71.6 Å². The zero-order chi connectivity index (χ0) is 23.3. The molecule has 0 fully saturated rings. The number of methoxy groups -OCH3 is 2. The summed E-state index contributed by atoms with van der Waals surface area (Å²) in [5, 5.41) is 0. The van der Waals surface area contributed by atoms with Crippen LogP contribution in [-0.2, 0) is 16.6 Å². The van der Waals surface area contributed by atoms with Gasteiger partial charge in [0.2, 0.25) is 0 Å². The number of anilines is 1. The maximum absolute atomic E-state index is 13.1. The SMILES string of the molecule is COc1ccc(CN(C)C(=O)c2cccc(S(=O)(=O)Nc3ccc(F)cc3)c2)cc1OC. The molecule has 3 aromatic carbocycles. The highest BCUT2D eigenvalue weighted by molar-refractivity contribution is 7.92. The third-order valence-corrected chi connectivity index (χ3v) is 6.08. The second-order valence-electron chi connectivity index (χ2n) is 6.99. The maximum atomic E-state index is 13.1. The highest BCUT2D eigenvalue weighted by Crippen LogP contribution is 2.28. The minimum absolute atomic E-state index is 0.0767. The number of benzene rings is 3. The van der Waals surface area contributed by atoms with E-state index >= 15 is 0 Å². The third kappa shape index (κ3) is 5.36. The Labute approximate surface area is 186 Å². The summed E-state index contributed by atoms with van der Waals surface area (Å²) in [6.45, 7) is 0.282. The smallest absolute Gasteiger partial charge is 0.261 e. The summed E-state index contributed by atoms with van der Waals surface area (Å²) in [4.78, 5) is 14.3. The van der Waals surface area contributed by atoms with E-state index in [0.717, 1.165) is 17.7 Å². The Morgan fingerprint density at radius 3 is 2.31 bits per heavy atom. The molecule has 168 valence electrons. The van der Waals surface area contributed by atoms with Crippen LogP contribution in [0, 0.1) is 5.82 Å². The second kappa shape index (κ2) is 9.69. The van der Waals surface area contributed by atoms with Gasteiger partial charge in [0, 0.05) is 24.8 Å². The lowest BCUT2D eigenvalue weighted by Crippen LogP contribution is -2.26. The number of amides is 1. The first kappa shape index (κ1) is 23.1. The van der Waals surface area contributed by atoms with Crippen molar-refractivity contribution in [2.24, 2.45) is 0 Å². The number of halogens is 1. The van der Waals surface area contributed by atoms with E-state index in [9.17, 15) is 17.6 Å². The fraction of sp³-hybridized carbons (Fsp3) is 0.174. The molecule has 0 radical (unpaired) electrons. The van der Waals surface area contributed by atoms with E-state index in [4.69, 9.17) is 9.47 Å². The van der Waals surface area contributed by atoms with Gasteiger partial charge in [0.1, 0.15) is 5.82 Å². The number of ether oxygens (including phenoxy) is 2. The zero-order valence-corrected chi connectivity index (χ0v) is 18.6. The minimum atomic E-state index is -3.96. The average Bonchev–Trinajstić information content (AvgIpc) is 2.79. The molecule has 0 aromatic heterocycles. The Kier molecular flexibility index (Phi) is 6.99. The second-order valence-corrected chi connectivity index (χ2v) is 8.67. The molecule has 9 heteroatoms. The highest BCUT2D eigenvalue weighted by atomic mass is 32.2. The van der Waals surface area contributed by atoms with Gasteiger partial charge in [-0.3, -0.25) is 9.52 Å². The number of nitrogens with one attached hydrogen (secondary N) is 1. The number of nitrogens with zero attached hydrogens (tertiary/aromatic N) is 1. The van der Waals surface area contributed by atoms with E-state index in [1.54, 1.807) is 32.4 Å². The van der Waals surface area contributed by atoms with Crippen LogP contribution in [-0.4, -0.2) is 40.5 Å². The van der Waals surface area contributed by atoms with Gasteiger partial charge in [0.15, 0.2) is 11.5 Å². The van der Waals surface area contributed by atoms with Crippen molar-refractivity contribution in [3.63, 3.8) is 0 Å². The summed E-state index contributed by atoms with van der Waals surface area (Å²) in [5.74, 6) is 0.305. The van der Waals surface area contributed by atoms with Crippen molar-refractivity contribution in [3.05, 3.63) is 83.7 Å². The van der Waals surface area contributed by atoms with Crippen molar-refractivity contribution < 1.29 is 27.1 Å². The summed E-state index contributed by atoms with van der Waals surface area (Å²) in [6.07, 6.45) is 0. The molecular weight excluding hydrogens is 435 g/mol. The van der Waals surface area contributed by atoms with Crippen molar-refractivity contribution >= 4 is 21.6 Å². The molecule has 0 saturated heterocycles. The molecule has 32 heavy (non-hydrogen) atoms. The average molecular weight is 459 g/mol. The van der Waals surface area contributed by atoms with Crippen LogP contribution in [0.3, 0.4) is 0 Å². The van der Waals surface area contributed by atoms with Gasteiger partial charge in [-0.1, -0.05) is 12.1 Å². The molecule has 0 aliphatic carbocycles. The normalized spacial score (nSPS) is 11.0. The number of carbonyl (C=O) groups excluding carboxylic acids is 1. The quantitative estimate of drug-likeness (QED) is 0.553. The Balaban J connectivity index is 1.77. The zero-order valence-electron chi connectivity index (χ0n) is 17.8. The molecule has 0 heterocycles. The topological polar surface area (TPSA) is 84.9 Å². The number of carbonyl (C=O) groups is 1. The predicted molar refractivity (Wildman–Crippen MR) is 119 cm³/mol. The lowest BCUT2D eigenvalue weighted by Gasteiger charge is -2.19. The molecule has 7 nitrogen and oxygen atoms in total. The lowest BCUT2D eigenvalue weighted by atomic mass is 10.1. The van der Waals surface area contributed by atoms with Crippen molar-refractivity contribution in [2.75, 3.05) is 26.0 Å². The van der Waals surface area contributed by atoms with Gasteiger partial charge < -0.3 is 14.4 Å². The molecule has 0 saturated carbocycles. The number of rotatable bonds is 8. The van der Waals surface area contributed by atoms with Crippen LogP contribution in [0.5, 0.6) is 11.5 Å². The van der Waals surface area contributed by atoms with Crippen molar-refractivity contribution in [1.29, 1.82) is 0 Å². The summed E-state index contributed by atoms with van der Waals surface area (Å²) >= 11 is 0. The number of hydrogen-bond donors (Lipinski definition) is 1. The van der Waals surface area contributed by atoms with Crippen LogP contribution < -0.4 is 14.2 Å². The van der Waals surface area contributed by atoms with E-state index in [-0.39, 0.29) is 28.6 Å². The van der Waals surface area contributed by atoms with Crippen molar-refractivity contribution in [1.82, 2.24) is 4.90 Å². The largest absolute Gasteiger partial charge is 0.493 e. The number of sulfonamides is 1. The Bertz CT molecular complexity index is 1210. The lowest BCUT2D eigenvalue weighted by molar-refractivity contribution is 0.0784. The Morgan fingerprint density at radius 1 is 0.969 bits per heavy atom. The molecular formula is C23H23FN2O5S. The van der Waals surface area contributed by atoms with Crippen molar-refractivity contribution in [2.45, 2.75) is 11.4 Å². The van der Waals surface area contributed by atoms with Gasteiger partial charge in [0.05, 0.1) is 19.1 Å². The summed E-state index contributed by atoms with van der Waals surface area (Å²) in [5.41, 5.74) is 1.25. The van der Waals surface area contributed by atoms with Crippen LogP contribution >= 0.6 is 0 Å². The molecule has 1 N–H and O–H groups in total. The van der Waals surface area contributed by atoms with Crippen molar-refractivity contribution in [3.8, 4) is 11.5 Å². The van der Waals surface area contributed by atoms with Gasteiger partial charge in [-0.25, -0.2) is 12.8 Å². The van der Waals surface area contributed by atoms with Crippen LogP contribution in [0.25, 0.3) is 0 Å². The molecule has 0 atom stereocenters. The van der Waals surface area contributed by atoms with Gasteiger partial charge >= 0.3 is 0 Å². The Hall–Kier alpha value is -3.59. The third-order valence-electron chi connectivity index (χ3n) is 4.70. The van der Waals surface area contributed by atoms with Gasteiger partial charge in [-0.2, -0.15) is 0 Å². The molecule has 1 amide bonds. The van der Waals surface area contributed by atoms with Gasteiger partial charge in [-0.05, 0) is 60.2 Å². The van der Waals surface area contributed by atoms with Crippen LogP contribution in [0.1, 0.15) is 15.9 Å².